The zero-order valence-corrected chi connectivity index (χ0v) is 17.0. The summed E-state index contributed by atoms with van der Waals surface area (Å²) in [5.74, 6) is 2.12. The third-order valence-electron chi connectivity index (χ3n) is 5.19. The van der Waals surface area contributed by atoms with Gasteiger partial charge in [0.25, 0.3) is 0 Å². The Labute approximate surface area is 172 Å². The molecule has 1 aliphatic rings. The number of aromatic nitrogens is 2. The summed E-state index contributed by atoms with van der Waals surface area (Å²) in [4.78, 5) is 9.47. The average Bonchev–Trinajstić information content (AvgIpc) is 3.23. The molecule has 1 aromatic heterocycles. The van der Waals surface area contributed by atoms with Crippen molar-refractivity contribution in [3.63, 3.8) is 0 Å². The summed E-state index contributed by atoms with van der Waals surface area (Å²) >= 11 is 0. The van der Waals surface area contributed by atoms with E-state index < -0.39 is 0 Å². The van der Waals surface area contributed by atoms with Gasteiger partial charge in [-0.3, -0.25) is 4.90 Å². The first-order chi connectivity index (χ1) is 14.3. The van der Waals surface area contributed by atoms with Crippen molar-refractivity contribution < 1.29 is 9.26 Å². The molecule has 6 heteroatoms. The standard InChI is InChI=1S/C23H28N4O2/c1-2-12-26-13-15-27(16-14-26)17-22-24-23(25-29-22)20-8-10-21(11-9-20)28-18-19-6-4-3-5-7-19/h3-11H,2,12-18H2,1H3. The van der Waals surface area contributed by atoms with Crippen LogP contribution in [-0.4, -0.2) is 52.7 Å². The van der Waals surface area contributed by atoms with Crippen molar-refractivity contribution in [1.82, 2.24) is 19.9 Å². The van der Waals surface area contributed by atoms with E-state index in [-0.39, 0.29) is 0 Å². The lowest BCUT2D eigenvalue weighted by molar-refractivity contribution is 0.117. The van der Waals surface area contributed by atoms with Crippen LogP contribution in [0.2, 0.25) is 0 Å². The maximum atomic E-state index is 5.84. The van der Waals surface area contributed by atoms with Gasteiger partial charge in [-0.25, -0.2) is 0 Å². The van der Waals surface area contributed by atoms with Crippen LogP contribution in [0.4, 0.5) is 0 Å². The molecule has 1 aliphatic heterocycles. The molecule has 2 aromatic carbocycles. The van der Waals surface area contributed by atoms with E-state index in [2.05, 4.69) is 39.0 Å². The molecule has 0 bridgehead atoms. The van der Waals surface area contributed by atoms with Crippen molar-refractivity contribution in [3.8, 4) is 17.1 Å². The zero-order chi connectivity index (χ0) is 19.9. The fourth-order valence-electron chi connectivity index (χ4n) is 3.56. The third-order valence-corrected chi connectivity index (χ3v) is 5.19. The van der Waals surface area contributed by atoms with Crippen molar-refractivity contribution in [2.75, 3.05) is 32.7 Å². The van der Waals surface area contributed by atoms with Crippen LogP contribution in [0, 0.1) is 0 Å². The van der Waals surface area contributed by atoms with Crippen molar-refractivity contribution in [1.29, 1.82) is 0 Å². The monoisotopic (exact) mass is 392 g/mol. The van der Waals surface area contributed by atoms with Gasteiger partial charge >= 0.3 is 0 Å². The predicted octanol–water partition coefficient (Wildman–Crippen LogP) is 3.84. The first-order valence-electron chi connectivity index (χ1n) is 10.3. The quantitative estimate of drug-likeness (QED) is 0.581. The molecule has 4 rings (SSSR count). The second-order valence-electron chi connectivity index (χ2n) is 7.43. The Morgan fingerprint density at radius 2 is 1.66 bits per heavy atom. The smallest absolute Gasteiger partial charge is 0.241 e. The number of ether oxygens (including phenoxy) is 1. The maximum Gasteiger partial charge on any atom is 0.241 e. The average molecular weight is 393 g/mol. The molecule has 0 radical (unpaired) electrons. The van der Waals surface area contributed by atoms with Gasteiger partial charge < -0.3 is 14.2 Å². The van der Waals surface area contributed by atoms with Crippen LogP contribution in [0.1, 0.15) is 24.8 Å². The van der Waals surface area contributed by atoms with Crippen molar-refractivity contribution >= 4 is 0 Å². The lowest BCUT2D eigenvalue weighted by atomic mass is 10.2. The minimum absolute atomic E-state index is 0.554. The first kappa shape index (κ1) is 19.6. The van der Waals surface area contributed by atoms with E-state index in [1.807, 2.05) is 42.5 Å². The van der Waals surface area contributed by atoms with E-state index in [1.165, 1.54) is 13.0 Å². The summed E-state index contributed by atoms with van der Waals surface area (Å²) in [6, 6.07) is 18.0. The SMILES string of the molecule is CCCN1CCN(Cc2nc(-c3ccc(OCc4ccccc4)cc3)no2)CC1. The molecule has 1 fully saturated rings. The molecule has 0 amide bonds. The second-order valence-corrected chi connectivity index (χ2v) is 7.43. The van der Waals surface area contributed by atoms with Crippen LogP contribution in [0.15, 0.2) is 59.1 Å². The van der Waals surface area contributed by atoms with E-state index in [1.54, 1.807) is 0 Å². The maximum absolute atomic E-state index is 5.84. The first-order valence-corrected chi connectivity index (χ1v) is 10.3. The number of nitrogens with zero attached hydrogens (tertiary/aromatic N) is 4. The molecule has 6 nitrogen and oxygen atoms in total. The fraction of sp³-hybridized carbons (Fsp3) is 0.391. The Bertz CT molecular complexity index is 871. The van der Waals surface area contributed by atoms with E-state index in [0.717, 1.165) is 43.1 Å². The minimum Gasteiger partial charge on any atom is -0.489 e. The van der Waals surface area contributed by atoms with Gasteiger partial charge in [-0.2, -0.15) is 4.98 Å². The number of benzene rings is 2. The number of hydrogen-bond acceptors (Lipinski definition) is 6. The molecule has 3 aromatic rings. The lowest BCUT2D eigenvalue weighted by Crippen LogP contribution is -2.46. The summed E-state index contributed by atoms with van der Waals surface area (Å²) in [5.41, 5.74) is 2.08. The van der Waals surface area contributed by atoms with Gasteiger partial charge in [-0.1, -0.05) is 42.4 Å². The van der Waals surface area contributed by atoms with Crippen LogP contribution in [0.5, 0.6) is 5.75 Å². The highest BCUT2D eigenvalue weighted by atomic mass is 16.5. The van der Waals surface area contributed by atoms with Crippen LogP contribution < -0.4 is 4.74 Å². The molecule has 29 heavy (non-hydrogen) atoms. The molecule has 1 saturated heterocycles. The van der Waals surface area contributed by atoms with Gasteiger partial charge in [-0.05, 0) is 42.8 Å². The molecule has 0 spiro atoms. The molecule has 0 atom stereocenters. The Balaban J connectivity index is 1.30. The number of hydrogen-bond donors (Lipinski definition) is 0. The number of rotatable bonds is 8. The Morgan fingerprint density at radius 1 is 0.931 bits per heavy atom. The molecule has 0 N–H and O–H groups in total. The summed E-state index contributed by atoms with van der Waals surface area (Å²) in [6.07, 6.45) is 1.21. The Hall–Kier alpha value is -2.70. The summed E-state index contributed by atoms with van der Waals surface area (Å²) in [5, 5.41) is 4.16. The molecule has 0 saturated carbocycles. The van der Waals surface area contributed by atoms with Crippen molar-refractivity contribution in [2.45, 2.75) is 26.5 Å². The molecular weight excluding hydrogens is 364 g/mol. The van der Waals surface area contributed by atoms with E-state index in [4.69, 9.17) is 9.26 Å². The zero-order valence-electron chi connectivity index (χ0n) is 17.0. The Morgan fingerprint density at radius 3 is 2.38 bits per heavy atom. The summed E-state index contributed by atoms with van der Waals surface area (Å²) in [6.45, 7) is 9.00. The van der Waals surface area contributed by atoms with E-state index in [9.17, 15) is 0 Å². The fourth-order valence-corrected chi connectivity index (χ4v) is 3.56. The normalized spacial score (nSPS) is 15.5. The van der Waals surface area contributed by atoms with Crippen LogP contribution in [-0.2, 0) is 13.2 Å². The summed E-state index contributed by atoms with van der Waals surface area (Å²) < 4.78 is 11.3. The van der Waals surface area contributed by atoms with Gasteiger partial charge in [0.2, 0.25) is 11.7 Å². The molecule has 152 valence electrons. The van der Waals surface area contributed by atoms with Crippen molar-refractivity contribution in [3.05, 3.63) is 66.1 Å². The van der Waals surface area contributed by atoms with Gasteiger partial charge in [0.1, 0.15) is 12.4 Å². The summed E-state index contributed by atoms with van der Waals surface area (Å²) in [7, 11) is 0. The van der Waals surface area contributed by atoms with Gasteiger partial charge in [0.15, 0.2) is 0 Å². The molecule has 2 heterocycles. The third kappa shape index (κ3) is 5.43. The van der Waals surface area contributed by atoms with Gasteiger partial charge in [0, 0.05) is 31.7 Å². The van der Waals surface area contributed by atoms with E-state index >= 15 is 0 Å². The predicted molar refractivity (Wildman–Crippen MR) is 113 cm³/mol. The largest absolute Gasteiger partial charge is 0.489 e. The Kier molecular flexibility index (Phi) is 6.54. The highest BCUT2D eigenvalue weighted by Crippen LogP contribution is 2.21. The second kappa shape index (κ2) is 9.67. The van der Waals surface area contributed by atoms with Crippen LogP contribution in [0.3, 0.4) is 0 Å². The van der Waals surface area contributed by atoms with Crippen LogP contribution >= 0.6 is 0 Å². The van der Waals surface area contributed by atoms with Crippen LogP contribution in [0.25, 0.3) is 11.4 Å². The van der Waals surface area contributed by atoms with Gasteiger partial charge in [-0.15, -0.1) is 0 Å². The minimum atomic E-state index is 0.554. The lowest BCUT2D eigenvalue weighted by Gasteiger charge is -2.33. The van der Waals surface area contributed by atoms with Crippen molar-refractivity contribution in [2.24, 2.45) is 0 Å². The topological polar surface area (TPSA) is 54.6 Å². The molecular formula is C23H28N4O2. The van der Waals surface area contributed by atoms with Gasteiger partial charge in [0.05, 0.1) is 6.54 Å². The highest BCUT2D eigenvalue weighted by Gasteiger charge is 2.19. The number of piperazine rings is 1. The molecule has 0 unspecified atom stereocenters. The molecule has 0 aliphatic carbocycles. The van der Waals surface area contributed by atoms with E-state index in [0.29, 0.717) is 24.9 Å². The highest BCUT2D eigenvalue weighted by molar-refractivity contribution is 5.55.